The van der Waals surface area contributed by atoms with Gasteiger partial charge in [0.05, 0.1) is 0 Å². The van der Waals surface area contributed by atoms with Crippen LogP contribution in [0.2, 0.25) is 0 Å². The highest BCUT2D eigenvalue weighted by Gasteiger charge is 2.52. The number of urea groups is 1. The summed E-state index contributed by atoms with van der Waals surface area (Å²) in [6.07, 6.45) is 2.85. The Kier molecular flexibility index (Phi) is 5.87. The highest BCUT2D eigenvalue weighted by Crippen LogP contribution is 2.36. The quantitative estimate of drug-likeness (QED) is 0.714. The third-order valence-corrected chi connectivity index (χ3v) is 6.75. The van der Waals surface area contributed by atoms with Gasteiger partial charge >= 0.3 is 6.03 Å². The van der Waals surface area contributed by atoms with E-state index in [2.05, 4.69) is 12.2 Å². The van der Waals surface area contributed by atoms with Crippen LogP contribution < -0.4 is 5.32 Å². The van der Waals surface area contributed by atoms with Crippen molar-refractivity contribution in [3.05, 3.63) is 35.4 Å². The van der Waals surface area contributed by atoms with E-state index in [1.165, 1.54) is 15.9 Å². The fourth-order valence-corrected chi connectivity index (χ4v) is 4.62. The Morgan fingerprint density at radius 1 is 1.03 bits per heavy atom. The van der Waals surface area contributed by atoms with E-state index in [1.807, 2.05) is 0 Å². The lowest BCUT2D eigenvalue weighted by Crippen LogP contribution is -2.53. The van der Waals surface area contributed by atoms with Crippen molar-refractivity contribution in [2.24, 2.45) is 5.92 Å². The molecule has 5 amide bonds. The van der Waals surface area contributed by atoms with Crippen molar-refractivity contribution < 1.29 is 28.0 Å². The largest absolute Gasteiger partial charge is 0.338 e. The van der Waals surface area contributed by atoms with Crippen molar-refractivity contribution in [3.63, 3.8) is 0 Å². The monoisotopic (exact) mass is 448 g/mol. The molecule has 3 aliphatic rings. The third kappa shape index (κ3) is 4.05. The molecule has 1 aliphatic carbocycles. The number of carbonyl (C=O) groups is 4. The molecule has 172 valence electrons. The summed E-state index contributed by atoms with van der Waals surface area (Å²) in [6, 6.07) is 2.44. The third-order valence-electron chi connectivity index (χ3n) is 6.75. The minimum Gasteiger partial charge on any atom is -0.338 e. The first-order valence-corrected chi connectivity index (χ1v) is 10.9. The molecule has 1 aromatic carbocycles. The Bertz CT molecular complexity index is 953. The molecule has 1 saturated carbocycles. The molecule has 0 unspecified atom stereocenters. The molecule has 2 heterocycles. The van der Waals surface area contributed by atoms with Crippen molar-refractivity contribution in [2.45, 2.75) is 38.1 Å². The molecule has 0 aromatic heterocycles. The van der Waals surface area contributed by atoms with Gasteiger partial charge < -0.3 is 15.1 Å². The predicted molar refractivity (Wildman–Crippen MR) is 109 cm³/mol. The second-order valence-corrected chi connectivity index (χ2v) is 8.89. The van der Waals surface area contributed by atoms with Gasteiger partial charge in [-0.05, 0) is 49.8 Å². The molecule has 0 bridgehead atoms. The number of nitrogens with zero attached hydrogens (tertiary/aromatic N) is 3. The summed E-state index contributed by atoms with van der Waals surface area (Å²) in [5.74, 6) is -2.76. The number of nitrogens with one attached hydrogen (secondary N) is 1. The van der Waals surface area contributed by atoms with Crippen molar-refractivity contribution in [1.82, 2.24) is 20.0 Å². The maximum absolute atomic E-state index is 13.4. The fraction of sp³-hybridized carbons (Fsp3) is 0.545. The number of amides is 5. The van der Waals surface area contributed by atoms with E-state index in [9.17, 15) is 28.0 Å². The Labute approximate surface area is 184 Å². The number of carbonyl (C=O) groups excluding carboxylic acids is 4. The number of halogens is 2. The predicted octanol–water partition coefficient (Wildman–Crippen LogP) is 1.75. The molecule has 0 radical (unpaired) electrons. The van der Waals surface area contributed by atoms with Crippen LogP contribution in [0.3, 0.4) is 0 Å². The minimum absolute atomic E-state index is 0.0371. The van der Waals surface area contributed by atoms with Gasteiger partial charge in [-0.3, -0.25) is 19.3 Å². The molecule has 4 rings (SSSR count). The Balaban J connectivity index is 1.33. The summed E-state index contributed by atoms with van der Waals surface area (Å²) >= 11 is 0. The standard InChI is InChI=1S/C22H26F2N4O4/c1-14-4-6-22(7-5-14)20(31)28(21(32)25-22)13-18(29)26-8-10-27(11-9-26)19(30)15-2-3-16(23)17(24)12-15/h2-3,12,14H,4-11,13H2,1H3,(H,25,32). The van der Waals surface area contributed by atoms with Gasteiger partial charge in [0.2, 0.25) is 5.91 Å². The molecule has 8 nitrogen and oxygen atoms in total. The van der Waals surface area contributed by atoms with Gasteiger partial charge in [-0.15, -0.1) is 0 Å². The van der Waals surface area contributed by atoms with Crippen LogP contribution in [0.5, 0.6) is 0 Å². The van der Waals surface area contributed by atoms with Crippen molar-refractivity contribution in [1.29, 1.82) is 0 Å². The molecule has 32 heavy (non-hydrogen) atoms. The average Bonchev–Trinajstić information content (AvgIpc) is 3.01. The average molecular weight is 448 g/mol. The van der Waals surface area contributed by atoms with Crippen molar-refractivity contribution in [3.8, 4) is 0 Å². The van der Waals surface area contributed by atoms with Gasteiger partial charge in [0, 0.05) is 31.7 Å². The molecule has 1 N–H and O–H groups in total. The molecule has 1 spiro atoms. The molecular weight excluding hydrogens is 422 g/mol. The SMILES string of the molecule is CC1CCC2(CC1)NC(=O)N(CC(=O)N1CCN(C(=O)c3ccc(F)c(F)c3)CC1)C2=O. The number of rotatable bonds is 3. The smallest absolute Gasteiger partial charge is 0.325 e. The fourth-order valence-electron chi connectivity index (χ4n) is 4.62. The molecule has 2 saturated heterocycles. The van der Waals surface area contributed by atoms with E-state index in [0.29, 0.717) is 18.8 Å². The van der Waals surface area contributed by atoms with Crippen molar-refractivity contribution in [2.75, 3.05) is 32.7 Å². The number of benzene rings is 1. The van der Waals surface area contributed by atoms with Crippen LogP contribution in [-0.4, -0.2) is 76.7 Å². The Morgan fingerprint density at radius 3 is 2.28 bits per heavy atom. The minimum atomic E-state index is -1.09. The van der Waals surface area contributed by atoms with Crippen LogP contribution in [0.15, 0.2) is 18.2 Å². The summed E-state index contributed by atoms with van der Waals surface area (Å²) in [7, 11) is 0. The number of piperazine rings is 1. The van der Waals surface area contributed by atoms with Gasteiger partial charge in [0.1, 0.15) is 12.1 Å². The highest BCUT2D eigenvalue weighted by molar-refractivity contribution is 6.09. The normalized spacial score (nSPS) is 26.0. The van der Waals surface area contributed by atoms with Gasteiger partial charge in [-0.1, -0.05) is 6.92 Å². The lowest BCUT2D eigenvalue weighted by molar-refractivity contribution is -0.140. The first kappa shape index (κ1) is 22.2. The van der Waals surface area contributed by atoms with Crippen LogP contribution in [0.1, 0.15) is 43.0 Å². The number of hydrogen-bond acceptors (Lipinski definition) is 4. The first-order valence-electron chi connectivity index (χ1n) is 10.9. The summed E-state index contributed by atoms with van der Waals surface area (Å²) in [5, 5.41) is 2.80. The maximum atomic E-state index is 13.4. The number of imide groups is 1. The lowest BCUT2D eigenvalue weighted by atomic mass is 9.77. The van der Waals surface area contributed by atoms with E-state index in [4.69, 9.17) is 0 Å². The van der Waals surface area contributed by atoms with Crippen LogP contribution >= 0.6 is 0 Å². The molecule has 3 fully saturated rings. The summed E-state index contributed by atoms with van der Waals surface area (Å²) in [4.78, 5) is 54.6. The lowest BCUT2D eigenvalue weighted by Gasteiger charge is -2.35. The van der Waals surface area contributed by atoms with Gasteiger partial charge in [-0.2, -0.15) is 0 Å². The van der Waals surface area contributed by atoms with E-state index >= 15 is 0 Å². The first-order chi connectivity index (χ1) is 15.2. The Hall–Kier alpha value is -3.04. The summed E-state index contributed by atoms with van der Waals surface area (Å²) < 4.78 is 26.5. The van der Waals surface area contributed by atoms with Crippen LogP contribution in [0.25, 0.3) is 0 Å². The molecule has 2 aliphatic heterocycles. The van der Waals surface area contributed by atoms with E-state index in [-0.39, 0.29) is 50.1 Å². The zero-order valence-electron chi connectivity index (χ0n) is 17.9. The zero-order valence-corrected chi connectivity index (χ0v) is 17.9. The Morgan fingerprint density at radius 2 is 1.66 bits per heavy atom. The molecular formula is C22H26F2N4O4. The topological polar surface area (TPSA) is 90.0 Å². The molecule has 0 atom stereocenters. The maximum Gasteiger partial charge on any atom is 0.325 e. The van der Waals surface area contributed by atoms with Crippen LogP contribution in [-0.2, 0) is 9.59 Å². The van der Waals surface area contributed by atoms with Gasteiger partial charge in [0.15, 0.2) is 11.6 Å². The second kappa shape index (κ2) is 8.48. The van der Waals surface area contributed by atoms with E-state index in [0.717, 1.165) is 29.9 Å². The summed E-state index contributed by atoms with van der Waals surface area (Å²) in [6.45, 7) is 2.66. The molecule has 1 aromatic rings. The van der Waals surface area contributed by atoms with Crippen LogP contribution in [0, 0.1) is 17.6 Å². The van der Waals surface area contributed by atoms with Gasteiger partial charge in [0.25, 0.3) is 11.8 Å². The van der Waals surface area contributed by atoms with Crippen molar-refractivity contribution >= 4 is 23.8 Å². The van der Waals surface area contributed by atoms with E-state index in [1.54, 1.807) is 0 Å². The summed E-state index contributed by atoms with van der Waals surface area (Å²) in [5.41, 5.74) is -0.852. The highest BCUT2D eigenvalue weighted by atomic mass is 19.2. The van der Waals surface area contributed by atoms with Gasteiger partial charge in [-0.25, -0.2) is 13.6 Å². The number of hydrogen-bond donors (Lipinski definition) is 1. The zero-order chi connectivity index (χ0) is 23.0. The van der Waals surface area contributed by atoms with E-state index < -0.39 is 29.1 Å². The molecule has 10 heteroatoms. The van der Waals surface area contributed by atoms with Crippen LogP contribution in [0.4, 0.5) is 13.6 Å². The second-order valence-electron chi connectivity index (χ2n) is 8.89.